The summed E-state index contributed by atoms with van der Waals surface area (Å²) in [5.41, 5.74) is 1.03. The van der Waals surface area contributed by atoms with Gasteiger partial charge >= 0.3 is 0 Å². The van der Waals surface area contributed by atoms with Crippen molar-refractivity contribution in [3.05, 3.63) is 70.5 Å². The lowest BCUT2D eigenvalue weighted by Crippen LogP contribution is -2.50. The number of nitrogens with zero attached hydrogens (tertiary/aromatic N) is 1. The minimum absolute atomic E-state index is 0.00501. The van der Waals surface area contributed by atoms with Crippen LogP contribution in [0.2, 0.25) is 5.02 Å². The molecular formula is C22H26ClFN2O2. The van der Waals surface area contributed by atoms with E-state index in [0.717, 1.165) is 6.42 Å². The zero-order valence-corrected chi connectivity index (χ0v) is 17.2. The van der Waals surface area contributed by atoms with Crippen LogP contribution in [0.15, 0.2) is 48.5 Å². The van der Waals surface area contributed by atoms with E-state index in [1.54, 1.807) is 49.4 Å². The first-order chi connectivity index (χ1) is 13.3. The molecule has 0 bridgehead atoms. The highest BCUT2D eigenvalue weighted by Crippen LogP contribution is 2.19. The van der Waals surface area contributed by atoms with E-state index in [1.165, 1.54) is 11.0 Å². The third kappa shape index (κ3) is 5.80. The number of rotatable bonds is 8. The van der Waals surface area contributed by atoms with Gasteiger partial charge in [-0.05, 0) is 38.0 Å². The molecule has 4 nitrogen and oxygen atoms in total. The van der Waals surface area contributed by atoms with Gasteiger partial charge in [-0.3, -0.25) is 9.59 Å². The molecule has 0 saturated carbocycles. The van der Waals surface area contributed by atoms with E-state index >= 15 is 0 Å². The summed E-state index contributed by atoms with van der Waals surface area (Å²) in [6, 6.07) is 12.6. The van der Waals surface area contributed by atoms with Crippen LogP contribution in [0.3, 0.4) is 0 Å². The zero-order valence-electron chi connectivity index (χ0n) is 16.4. The molecule has 2 amide bonds. The van der Waals surface area contributed by atoms with Crippen molar-refractivity contribution in [2.75, 3.05) is 0 Å². The molecular weight excluding hydrogens is 379 g/mol. The number of hydrogen-bond donors (Lipinski definition) is 1. The quantitative estimate of drug-likeness (QED) is 0.710. The molecule has 2 atom stereocenters. The van der Waals surface area contributed by atoms with Gasteiger partial charge in [0.05, 0.1) is 6.42 Å². The maximum absolute atomic E-state index is 14.2. The van der Waals surface area contributed by atoms with Crippen LogP contribution in [0.25, 0.3) is 0 Å². The second-order valence-electron chi connectivity index (χ2n) is 6.88. The van der Waals surface area contributed by atoms with E-state index in [-0.39, 0.29) is 30.8 Å². The number of nitrogens with one attached hydrogen (secondary N) is 1. The summed E-state index contributed by atoms with van der Waals surface area (Å²) in [6.45, 7) is 5.53. The van der Waals surface area contributed by atoms with Gasteiger partial charge in [0.25, 0.3) is 0 Å². The maximum Gasteiger partial charge on any atom is 0.242 e. The van der Waals surface area contributed by atoms with Crippen molar-refractivity contribution >= 4 is 23.4 Å². The van der Waals surface area contributed by atoms with Crippen molar-refractivity contribution in [1.29, 1.82) is 0 Å². The molecule has 0 heterocycles. The summed E-state index contributed by atoms with van der Waals surface area (Å²) >= 11 is 6.18. The van der Waals surface area contributed by atoms with Gasteiger partial charge in [-0.15, -0.1) is 0 Å². The van der Waals surface area contributed by atoms with Gasteiger partial charge in [-0.25, -0.2) is 4.39 Å². The summed E-state index contributed by atoms with van der Waals surface area (Å²) in [4.78, 5) is 27.1. The predicted molar refractivity (Wildman–Crippen MR) is 109 cm³/mol. The molecule has 150 valence electrons. The van der Waals surface area contributed by atoms with Crippen LogP contribution in [-0.4, -0.2) is 28.8 Å². The molecule has 2 aromatic rings. The Labute approximate surface area is 170 Å². The molecule has 0 aromatic heterocycles. The van der Waals surface area contributed by atoms with Gasteiger partial charge < -0.3 is 10.2 Å². The van der Waals surface area contributed by atoms with E-state index in [9.17, 15) is 14.0 Å². The number of carbonyl (C=O) groups is 2. The molecule has 2 rings (SSSR count). The average molecular weight is 405 g/mol. The third-order valence-electron chi connectivity index (χ3n) is 4.77. The lowest BCUT2D eigenvalue weighted by molar-refractivity contribution is -0.140. The van der Waals surface area contributed by atoms with Crippen LogP contribution >= 0.6 is 11.6 Å². The third-order valence-corrected chi connectivity index (χ3v) is 5.14. The Morgan fingerprint density at radius 2 is 1.68 bits per heavy atom. The molecule has 0 aliphatic carbocycles. The van der Waals surface area contributed by atoms with E-state index < -0.39 is 11.9 Å². The SMILES string of the molecule is CC[C@H](C)NC(=O)[C@@H](C)N(Cc1ccccc1F)C(=O)Cc1ccccc1Cl. The predicted octanol–water partition coefficient (Wildman–Crippen LogP) is 4.35. The molecule has 0 saturated heterocycles. The summed E-state index contributed by atoms with van der Waals surface area (Å²) < 4.78 is 14.2. The van der Waals surface area contributed by atoms with Crippen molar-refractivity contribution in [2.45, 2.75) is 52.2 Å². The van der Waals surface area contributed by atoms with Gasteiger partial charge in [0.15, 0.2) is 0 Å². The van der Waals surface area contributed by atoms with Gasteiger partial charge in [-0.1, -0.05) is 54.9 Å². The molecule has 1 N–H and O–H groups in total. The van der Waals surface area contributed by atoms with Crippen molar-refractivity contribution in [1.82, 2.24) is 10.2 Å². The summed E-state index contributed by atoms with van der Waals surface area (Å²) in [6.07, 6.45) is 0.814. The van der Waals surface area contributed by atoms with Gasteiger partial charge in [-0.2, -0.15) is 0 Å². The van der Waals surface area contributed by atoms with E-state index in [4.69, 9.17) is 11.6 Å². The molecule has 0 spiro atoms. The molecule has 6 heteroatoms. The Morgan fingerprint density at radius 1 is 1.07 bits per heavy atom. The van der Waals surface area contributed by atoms with Crippen molar-refractivity contribution < 1.29 is 14.0 Å². The Balaban J connectivity index is 2.26. The minimum atomic E-state index is -0.747. The number of carbonyl (C=O) groups excluding carboxylic acids is 2. The first kappa shape index (κ1) is 21.9. The topological polar surface area (TPSA) is 49.4 Å². The highest BCUT2D eigenvalue weighted by Gasteiger charge is 2.27. The second-order valence-corrected chi connectivity index (χ2v) is 7.28. The van der Waals surface area contributed by atoms with Crippen LogP contribution in [0.1, 0.15) is 38.3 Å². The fraction of sp³-hybridized carbons (Fsp3) is 0.364. The normalized spacial score (nSPS) is 12.9. The Morgan fingerprint density at radius 3 is 2.29 bits per heavy atom. The highest BCUT2D eigenvalue weighted by molar-refractivity contribution is 6.31. The van der Waals surface area contributed by atoms with Crippen molar-refractivity contribution in [2.24, 2.45) is 0 Å². The van der Waals surface area contributed by atoms with Crippen molar-refractivity contribution in [3.8, 4) is 0 Å². The fourth-order valence-corrected chi connectivity index (χ4v) is 2.97. The summed E-state index contributed by atoms with van der Waals surface area (Å²) in [7, 11) is 0. The van der Waals surface area contributed by atoms with Gasteiger partial charge in [0.1, 0.15) is 11.9 Å². The largest absolute Gasteiger partial charge is 0.352 e. The number of amides is 2. The molecule has 0 fully saturated rings. The van der Waals surface area contributed by atoms with Crippen LogP contribution in [0.5, 0.6) is 0 Å². The molecule has 0 radical (unpaired) electrons. The molecule has 0 unspecified atom stereocenters. The zero-order chi connectivity index (χ0) is 20.7. The fourth-order valence-electron chi connectivity index (χ4n) is 2.76. The van der Waals surface area contributed by atoms with Crippen LogP contribution in [-0.2, 0) is 22.6 Å². The van der Waals surface area contributed by atoms with E-state index in [0.29, 0.717) is 16.1 Å². The average Bonchev–Trinajstić information content (AvgIpc) is 2.68. The Bertz CT molecular complexity index is 828. The van der Waals surface area contributed by atoms with E-state index in [2.05, 4.69) is 5.32 Å². The number of halogens is 2. The van der Waals surface area contributed by atoms with Crippen LogP contribution in [0, 0.1) is 5.82 Å². The second kappa shape index (κ2) is 10.2. The summed E-state index contributed by atoms with van der Waals surface area (Å²) in [5, 5.41) is 3.37. The summed E-state index contributed by atoms with van der Waals surface area (Å²) in [5.74, 6) is -0.964. The van der Waals surface area contributed by atoms with Crippen LogP contribution in [0.4, 0.5) is 4.39 Å². The maximum atomic E-state index is 14.2. The minimum Gasteiger partial charge on any atom is -0.352 e. The smallest absolute Gasteiger partial charge is 0.242 e. The number of benzene rings is 2. The molecule has 2 aromatic carbocycles. The molecule has 0 aliphatic rings. The highest BCUT2D eigenvalue weighted by atomic mass is 35.5. The van der Waals surface area contributed by atoms with Crippen molar-refractivity contribution in [3.63, 3.8) is 0 Å². The first-order valence-corrected chi connectivity index (χ1v) is 9.77. The monoisotopic (exact) mass is 404 g/mol. The lowest BCUT2D eigenvalue weighted by Gasteiger charge is -2.30. The van der Waals surface area contributed by atoms with Gasteiger partial charge in [0, 0.05) is 23.2 Å². The molecule has 28 heavy (non-hydrogen) atoms. The lowest BCUT2D eigenvalue weighted by atomic mass is 10.1. The standard InChI is InChI=1S/C22H26ClFN2O2/c1-4-15(2)25-22(28)16(3)26(14-18-10-6-8-12-20(18)24)21(27)13-17-9-5-7-11-19(17)23/h5-12,15-16H,4,13-14H2,1-3H3,(H,25,28)/t15-,16+/m0/s1. The van der Waals surface area contributed by atoms with Crippen LogP contribution < -0.4 is 5.32 Å². The Hall–Kier alpha value is -2.40. The van der Waals surface area contributed by atoms with E-state index in [1.807, 2.05) is 13.8 Å². The number of hydrogen-bond acceptors (Lipinski definition) is 2. The molecule has 0 aliphatic heterocycles. The first-order valence-electron chi connectivity index (χ1n) is 9.40. The Kier molecular flexibility index (Phi) is 8.00. The van der Waals surface area contributed by atoms with Gasteiger partial charge in [0.2, 0.25) is 11.8 Å².